The Kier molecular flexibility index (Phi) is 4.04. The molecular weight excluding hydrogens is 140 g/mol. The molecule has 0 spiro atoms. The summed E-state index contributed by atoms with van der Waals surface area (Å²) in [6.45, 7) is 7.48. The normalized spacial score (nSPS) is 22.4. The molecule has 0 saturated heterocycles. The fourth-order valence-electron chi connectivity index (χ4n) is 1.01. The fraction of sp³-hybridized carbons (Fsp3) is 1.00. The lowest BCUT2D eigenvalue weighted by molar-refractivity contribution is 0.00724. The molecule has 3 atom stereocenters. The second-order valence-corrected chi connectivity index (χ2v) is 3.77. The summed E-state index contributed by atoms with van der Waals surface area (Å²) in [6.07, 6.45) is 1.08. The molecule has 0 heterocycles. The molecule has 0 aliphatic rings. The lowest BCUT2D eigenvalue weighted by Crippen LogP contribution is -2.29. The highest BCUT2D eigenvalue weighted by Crippen LogP contribution is 2.21. The minimum Gasteiger partial charge on any atom is -0.393 e. The maximum absolute atomic E-state index is 9.63. The second-order valence-electron chi connectivity index (χ2n) is 3.77. The topological polar surface area (TPSA) is 40.5 Å². The van der Waals surface area contributed by atoms with Crippen LogP contribution in [0.1, 0.15) is 40.5 Å². The zero-order valence-electron chi connectivity index (χ0n) is 7.96. The van der Waals surface area contributed by atoms with Crippen LogP contribution in [0.15, 0.2) is 0 Å². The van der Waals surface area contributed by atoms with Crippen LogP contribution in [0, 0.1) is 5.92 Å². The van der Waals surface area contributed by atoms with Crippen LogP contribution in [0.2, 0.25) is 0 Å². The van der Waals surface area contributed by atoms with Gasteiger partial charge in [0.15, 0.2) is 0 Å². The van der Waals surface area contributed by atoms with Gasteiger partial charge < -0.3 is 10.2 Å². The second kappa shape index (κ2) is 4.07. The first-order valence-corrected chi connectivity index (χ1v) is 4.29. The molecule has 2 nitrogen and oxygen atoms in total. The van der Waals surface area contributed by atoms with Gasteiger partial charge in [-0.1, -0.05) is 13.8 Å². The lowest BCUT2D eigenvalue weighted by atomic mass is 9.88. The molecule has 0 aromatic carbocycles. The van der Waals surface area contributed by atoms with E-state index >= 15 is 0 Å². The monoisotopic (exact) mass is 160 g/mol. The number of hydrogen-bond donors (Lipinski definition) is 2. The molecule has 0 radical (unpaired) electrons. The van der Waals surface area contributed by atoms with Crippen LogP contribution in [-0.2, 0) is 0 Å². The summed E-state index contributed by atoms with van der Waals surface area (Å²) in [5, 5.41) is 18.8. The van der Waals surface area contributed by atoms with E-state index in [0.717, 1.165) is 6.42 Å². The van der Waals surface area contributed by atoms with Gasteiger partial charge in [-0.3, -0.25) is 0 Å². The Balaban J connectivity index is 3.83. The van der Waals surface area contributed by atoms with Gasteiger partial charge in [0, 0.05) is 0 Å². The minimum atomic E-state index is -0.615. The van der Waals surface area contributed by atoms with Crippen molar-refractivity contribution in [2.75, 3.05) is 0 Å². The van der Waals surface area contributed by atoms with E-state index in [1.165, 1.54) is 0 Å². The molecule has 0 amide bonds. The highest BCUT2D eigenvalue weighted by molar-refractivity contribution is 4.75. The van der Waals surface area contributed by atoms with Gasteiger partial charge in [-0.25, -0.2) is 0 Å². The number of rotatable bonds is 4. The van der Waals surface area contributed by atoms with Crippen LogP contribution >= 0.6 is 0 Å². The van der Waals surface area contributed by atoms with Gasteiger partial charge in [-0.15, -0.1) is 0 Å². The molecule has 0 fully saturated rings. The Labute approximate surface area is 69.2 Å². The van der Waals surface area contributed by atoms with Crippen LogP contribution in [0.5, 0.6) is 0 Å². The summed E-state index contributed by atoms with van der Waals surface area (Å²) < 4.78 is 0. The Morgan fingerprint density at radius 1 is 1.36 bits per heavy atom. The maximum atomic E-state index is 9.63. The van der Waals surface area contributed by atoms with E-state index in [2.05, 4.69) is 0 Å². The predicted molar refractivity (Wildman–Crippen MR) is 46.4 cm³/mol. The van der Waals surface area contributed by atoms with Gasteiger partial charge in [-0.2, -0.15) is 0 Å². The molecule has 2 N–H and O–H groups in total. The van der Waals surface area contributed by atoms with E-state index in [4.69, 9.17) is 5.11 Å². The summed E-state index contributed by atoms with van der Waals surface area (Å²) in [6, 6.07) is 0. The molecule has 0 aliphatic carbocycles. The molecule has 0 bridgehead atoms. The smallest absolute Gasteiger partial charge is 0.0620 e. The van der Waals surface area contributed by atoms with Crippen molar-refractivity contribution in [3.8, 4) is 0 Å². The van der Waals surface area contributed by atoms with E-state index in [9.17, 15) is 5.11 Å². The largest absolute Gasteiger partial charge is 0.393 e. The number of hydrogen-bond acceptors (Lipinski definition) is 2. The van der Waals surface area contributed by atoms with Crippen LogP contribution in [-0.4, -0.2) is 21.9 Å². The molecule has 3 unspecified atom stereocenters. The first-order chi connectivity index (χ1) is 4.89. The van der Waals surface area contributed by atoms with Crippen LogP contribution in [0.4, 0.5) is 0 Å². The van der Waals surface area contributed by atoms with E-state index in [-0.39, 0.29) is 12.0 Å². The standard InChI is InChI=1S/C9H20O2/c1-5-9(4,11)6-7(2)8(3)10/h7-8,10-11H,5-6H2,1-4H3. The Hall–Kier alpha value is -0.0800. The molecule has 2 heteroatoms. The first-order valence-electron chi connectivity index (χ1n) is 4.29. The lowest BCUT2D eigenvalue weighted by Gasteiger charge is -2.26. The predicted octanol–water partition coefficient (Wildman–Crippen LogP) is 1.55. The van der Waals surface area contributed by atoms with Crippen molar-refractivity contribution in [3.05, 3.63) is 0 Å². The molecule has 0 aromatic rings. The van der Waals surface area contributed by atoms with E-state index in [1.807, 2.05) is 20.8 Å². The molecule has 11 heavy (non-hydrogen) atoms. The molecule has 0 aliphatic heterocycles. The van der Waals surface area contributed by atoms with Crippen molar-refractivity contribution < 1.29 is 10.2 Å². The van der Waals surface area contributed by atoms with E-state index in [0.29, 0.717) is 6.42 Å². The van der Waals surface area contributed by atoms with Crippen LogP contribution < -0.4 is 0 Å². The maximum Gasteiger partial charge on any atom is 0.0620 e. The molecule has 0 rings (SSSR count). The SMILES string of the molecule is CCC(C)(O)CC(C)C(C)O. The van der Waals surface area contributed by atoms with Gasteiger partial charge in [0.05, 0.1) is 11.7 Å². The Morgan fingerprint density at radius 2 is 1.82 bits per heavy atom. The zero-order valence-corrected chi connectivity index (χ0v) is 7.96. The fourth-order valence-corrected chi connectivity index (χ4v) is 1.01. The Bertz CT molecular complexity index is 108. The van der Waals surface area contributed by atoms with Gasteiger partial charge >= 0.3 is 0 Å². The summed E-state index contributed by atoms with van der Waals surface area (Å²) >= 11 is 0. The average molecular weight is 160 g/mol. The minimum absolute atomic E-state index is 0.171. The number of aliphatic hydroxyl groups excluding tert-OH is 1. The van der Waals surface area contributed by atoms with Gasteiger partial charge in [0.25, 0.3) is 0 Å². The van der Waals surface area contributed by atoms with Crippen molar-refractivity contribution in [2.24, 2.45) is 5.92 Å². The van der Waals surface area contributed by atoms with Crippen LogP contribution in [0.25, 0.3) is 0 Å². The Morgan fingerprint density at radius 3 is 2.09 bits per heavy atom. The van der Waals surface area contributed by atoms with Gasteiger partial charge in [-0.05, 0) is 32.6 Å². The van der Waals surface area contributed by atoms with E-state index in [1.54, 1.807) is 6.92 Å². The zero-order chi connectivity index (χ0) is 9.07. The van der Waals surface area contributed by atoms with Gasteiger partial charge in [0.1, 0.15) is 0 Å². The highest BCUT2D eigenvalue weighted by atomic mass is 16.3. The first kappa shape index (κ1) is 10.9. The van der Waals surface area contributed by atoms with Crippen LogP contribution in [0.3, 0.4) is 0 Å². The van der Waals surface area contributed by atoms with Gasteiger partial charge in [0.2, 0.25) is 0 Å². The number of aliphatic hydroxyl groups is 2. The van der Waals surface area contributed by atoms with Crippen molar-refractivity contribution in [1.29, 1.82) is 0 Å². The molecule has 0 aromatic heterocycles. The highest BCUT2D eigenvalue weighted by Gasteiger charge is 2.22. The van der Waals surface area contributed by atoms with Crippen molar-refractivity contribution >= 4 is 0 Å². The average Bonchev–Trinajstić information content (AvgIpc) is 1.87. The van der Waals surface area contributed by atoms with Crippen molar-refractivity contribution in [1.82, 2.24) is 0 Å². The summed E-state index contributed by atoms with van der Waals surface area (Å²) in [5.41, 5.74) is -0.615. The third-order valence-electron chi connectivity index (χ3n) is 2.35. The van der Waals surface area contributed by atoms with Crippen molar-refractivity contribution in [2.45, 2.75) is 52.2 Å². The quantitative estimate of drug-likeness (QED) is 0.655. The molecule has 0 saturated carbocycles. The molecule has 68 valence electrons. The summed E-state index contributed by atoms with van der Waals surface area (Å²) in [7, 11) is 0. The third-order valence-corrected chi connectivity index (χ3v) is 2.35. The van der Waals surface area contributed by atoms with Crippen molar-refractivity contribution in [3.63, 3.8) is 0 Å². The summed E-state index contributed by atoms with van der Waals surface area (Å²) in [4.78, 5) is 0. The third kappa shape index (κ3) is 4.38. The summed E-state index contributed by atoms with van der Waals surface area (Å²) in [5.74, 6) is 0.171. The molecular formula is C9H20O2. The van der Waals surface area contributed by atoms with E-state index < -0.39 is 5.60 Å².